The van der Waals surface area contributed by atoms with Crippen LogP contribution in [0, 0.1) is 13.8 Å². The summed E-state index contributed by atoms with van der Waals surface area (Å²) in [7, 11) is 0. The summed E-state index contributed by atoms with van der Waals surface area (Å²) in [6, 6.07) is 9.44. The van der Waals surface area contributed by atoms with Gasteiger partial charge in [0.05, 0.1) is 0 Å². The maximum absolute atomic E-state index is 10.9. The van der Waals surface area contributed by atoms with Gasteiger partial charge >= 0.3 is 0 Å². The van der Waals surface area contributed by atoms with Gasteiger partial charge in [-0.25, -0.2) is 0 Å². The Bertz CT molecular complexity index is 541. The second kappa shape index (κ2) is 4.14. The largest absolute Gasteiger partial charge is 0.452 e. The first-order valence-electron chi connectivity index (χ1n) is 4.95. The van der Waals surface area contributed by atoms with Crippen molar-refractivity contribution in [3.8, 4) is 11.3 Å². The molecule has 0 fully saturated rings. The summed E-state index contributed by atoms with van der Waals surface area (Å²) in [4.78, 5) is 10.9. The third kappa shape index (κ3) is 2.02. The highest BCUT2D eigenvalue weighted by Gasteiger charge is 2.11. The molecule has 0 amide bonds. The van der Waals surface area contributed by atoms with Gasteiger partial charge in [0.25, 0.3) is 5.24 Å². The van der Waals surface area contributed by atoms with E-state index in [4.69, 9.17) is 16.0 Å². The standard InChI is InChI=1S/C13H11ClO2/c1-8-3-4-9(2)10(7-8)11-5-6-12(16-11)13(14)15/h3-7H,1-2H3. The molecule has 0 bridgehead atoms. The molecular weight excluding hydrogens is 224 g/mol. The predicted molar refractivity (Wildman–Crippen MR) is 63.8 cm³/mol. The Hall–Kier alpha value is -1.54. The number of carbonyl (C=O) groups excluding carboxylic acids is 1. The number of furan rings is 1. The summed E-state index contributed by atoms with van der Waals surface area (Å²) in [6.07, 6.45) is 0. The van der Waals surface area contributed by atoms with Crippen LogP contribution in [-0.2, 0) is 0 Å². The average molecular weight is 235 g/mol. The van der Waals surface area contributed by atoms with Gasteiger partial charge in [0, 0.05) is 5.56 Å². The molecule has 2 rings (SSSR count). The van der Waals surface area contributed by atoms with Crippen LogP contribution >= 0.6 is 11.6 Å². The second-order valence-electron chi connectivity index (χ2n) is 3.76. The number of hydrogen-bond acceptors (Lipinski definition) is 2. The van der Waals surface area contributed by atoms with Crippen LogP contribution < -0.4 is 0 Å². The zero-order valence-electron chi connectivity index (χ0n) is 9.08. The summed E-state index contributed by atoms with van der Waals surface area (Å²) >= 11 is 5.34. The van der Waals surface area contributed by atoms with Gasteiger partial charge in [-0.2, -0.15) is 0 Å². The number of carbonyl (C=O) groups is 1. The van der Waals surface area contributed by atoms with Crippen molar-refractivity contribution in [3.05, 3.63) is 47.2 Å². The molecule has 0 aliphatic rings. The van der Waals surface area contributed by atoms with Gasteiger partial charge in [0.1, 0.15) is 5.76 Å². The lowest BCUT2D eigenvalue weighted by Gasteiger charge is -2.03. The Morgan fingerprint density at radius 1 is 1.19 bits per heavy atom. The highest BCUT2D eigenvalue weighted by Crippen LogP contribution is 2.26. The fraction of sp³-hybridized carbons (Fsp3) is 0.154. The van der Waals surface area contributed by atoms with Crippen molar-refractivity contribution in [2.24, 2.45) is 0 Å². The first-order chi connectivity index (χ1) is 7.58. The molecule has 0 saturated carbocycles. The number of aryl methyl sites for hydroxylation is 2. The van der Waals surface area contributed by atoms with Crippen LogP contribution in [0.4, 0.5) is 0 Å². The van der Waals surface area contributed by atoms with Gasteiger partial charge in [0.15, 0.2) is 5.76 Å². The Balaban J connectivity index is 2.50. The van der Waals surface area contributed by atoms with E-state index in [1.54, 1.807) is 12.1 Å². The average Bonchev–Trinajstić information content (AvgIpc) is 2.70. The van der Waals surface area contributed by atoms with E-state index in [0.29, 0.717) is 5.76 Å². The summed E-state index contributed by atoms with van der Waals surface area (Å²) in [5, 5.41) is -0.573. The first-order valence-corrected chi connectivity index (χ1v) is 5.33. The molecule has 16 heavy (non-hydrogen) atoms. The van der Waals surface area contributed by atoms with E-state index in [9.17, 15) is 4.79 Å². The molecule has 0 aliphatic heterocycles. The van der Waals surface area contributed by atoms with Crippen molar-refractivity contribution in [1.29, 1.82) is 0 Å². The van der Waals surface area contributed by atoms with E-state index < -0.39 is 5.24 Å². The van der Waals surface area contributed by atoms with Gasteiger partial charge < -0.3 is 4.42 Å². The molecule has 1 aromatic heterocycles. The molecule has 0 N–H and O–H groups in total. The lowest BCUT2D eigenvalue weighted by molar-refractivity contribution is 0.105. The maximum atomic E-state index is 10.9. The van der Waals surface area contributed by atoms with Crippen LogP contribution in [-0.4, -0.2) is 5.24 Å². The van der Waals surface area contributed by atoms with E-state index in [2.05, 4.69) is 0 Å². The van der Waals surface area contributed by atoms with E-state index in [-0.39, 0.29) is 5.76 Å². The SMILES string of the molecule is Cc1ccc(C)c(-c2ccc(C(=O)Cl)o2)c1. The van der Waals surface area contributed by atoms with E-state index in [0.717, 1.165) is 16.7 Å². The number of halogens is 1. The zero-order valence-corrected chi connectivity index (χ0v) is 9.84. The molecule has 1 aromatic carbocycles. The second-order valence-corrected chi connectivity index (χ2v) is 4.10. The molecule has 0 aliphatic carbocycles. The molecule has 0 unspecified atom stereocenters. The molecule has 1 heterocycles. The third-order valence-electron chi connectivity index (χ3n) is 2.46. The molecular formula is C13H11ClO2. The van der Waals surface area contributed by atoms with Crippen LogP contribution in [0.1, 0.15) is 21.7 Å². The van der Waals surface area contributed by atoms with E-state index in [1.165, 1.54) is 0 Å². The van der Waals surface area contributed by atoms with Crippen molar-refractivity contribution < 1.29 is 9.21 Å². The van der Waals surface area contributed by atoms with Crippen LogP contribution in [0.15, 0.2) is 34.7 Å². The van der Waals surface area contributed by atoms with Crippen LogP contribution in [0.3, 0.4) is 0 Å². The molecule has 2 aromatic rings. The highest BCUT2D eigenvalue weighted by atomic mass is 35.5. The summed E-state index contributed by atoms with van der Waals surface area (Å²) in [5.74, 6) is 0.850. The van der Waals surface area contributed by atoms with Gasteiger partial charge in [-0.3, -0.25) is 4.79 Å². The lowest BCUT2D eigenvalue weighted by atomic mass is 10.0. The summed E-state index contributed by atoms with van der Waals surface area (Å²) in [6.45, 7) is 4.01. The van der Waals surface area contributed by atoms with Crippen molar-refractivity contribution >= 4 is 16.8 Å². The Morgan fingerprint density at radius 2 is 1.94 bits per heavy atom. The summed E-state index contributed by atoms with van der Waals surface area (Å²) in [5.41, 5.74) is 3.24. The zero-order chi connectivity index (χ0) is 11.7. The quantitative estimate of drug-likeness (QED) is 0.737. The summed E-state index contributed by atoms with van der Waals surface area (Å²) < 4.78 is 5.39. The molecule has 0 radical (unpaired) electrons. The molecule has 2 nitrogen and oxygen atoms in total. The molecule has 0 atom stereocenters. The molecule has 0 saturated heterocycles. The minimum absolute atomic E-state index is 0.178. The monoisotopic (exact) mass is 234 g/mol. The van der Waals surface area contributed by atoms with Gasteiger partial charge in [0.2, 0.25) is 0 Å². The van der Waals surface area contributed by atoms with Crippen LogP contribution in [0.2, 0.25) is 0 Å². The van der Waals surface area contributed by atoms with Gasteiger partial charge in [-0.15, -0.1) is 0 Å². The number of rotatable bonds is 2. The highest BCUT2D eigenvalue weighted by molar-refractivity contribution is 6.67. The van der Waals surface area contributed by atoms with Crippen molar-refractivity contribution in [2.75, 3.05) is 0 Å². The lowest BCUT2D eigenvalue weighted by Crippen LogP contribution is -1.84. The van der Waals surface area contributed by atoms with E-state index in [1.807, 2.05) is 32.0 Å². The first kappa shape index (κ1) is 11.0. The molecule has 82 valence electrons. The van der Waals surface area contributed by atoms with Crippen molar-refractivity contribution in [2.45, 2.75) is 13.8 Å². The smallest absolute Gasteiger partial charge is 0.287 e. The third-order valence-corrected chi connectivity index (χ3v) is 2.64. The minimum atomic E-state index is -0.573. The molecule has 3 heteroatoms. The normalized spacial score (nSPS) is 10.4. The van der Waals surface area contributed by atoms with Crippen molar-refractivity contribution in [3.63, 3.8) is 0 Å². The van der Waals surface area contributed by atoms with Crippen LogP contribution in [0.5, 0.6) is 0 Å². The fourth-order valence-electron chi connectivity index (χ4n) is 1.59. The van der Waals surface area contributed by atoms with Crippen LogP contribution in [0.25, 0.3) is 11.3 Å². The Kier molecular flexibility index (Phi) is 2.84. The number of hydrogen-bond donors (Lipinski definition) is 0. The maximum Gasteiger partial charge on any atom is 0.287 e. The number of benzene rings is 1. The van der Waals surface area contributed by atoms with Gasteiger partial charge in [-0.1, -0.05) is 17.7 Å². The molecule has 0 spiro atoms. The predicted octanol–water partition coefficient (Wildman–Crippen LogP) is 3.94. The minimum Gasteiger partial charge on any atom is -0.452 e. The van der Waals surface area contributed by atoms with E-state index >= 15 is 0 Å². The van der Waals surface area contributed by atoms with Gasteiger partial charge in [-0.05, 0) is 49.2 Å². The topological polar surface area (TPSA) is 30.2 Å². The van der Waals surface area contributed by atoms with Crippen molar-refractivity contribution in [1.82, 2.24) is 0 Å². The fourth-order valence-corrected chi connectivity index (χ4v) is 1.69. The Morgan fingerprint density at radius 3 is 2.56 bits per heavy atom. The Labute approximate surface area is 98.8 Å².